The Morgan fingerprint density at radius 2 is 1.94 bits per heavy atom. The van der Waals surface area contributed by atoms with Gasteiger partial charge in [0.2, 0.25) is 0 Å². The maximum absolute atomic E-state index is 13.7. The van der Waals surface area contributed by atoms with Gasteiger partial charge < -0.3 is 20.3 Å². The lowest BCUT2D eigenvalue weighted by Crippen LogP contribution is -2.42. The van der Waals surface area contributed by atoms with Crippen LogP contribution in [0, 0.1) is 5.92 Å². The third-order valence-electron chi connectivity index (χ3n) is 6.00. The summed E-state index contributed by atoms with van der Waals surface area (Å²) in [4.78, 5) is 30.3. The lowest BCUT2D eigenvalue weighted by atomic mass is 10.1. The van der Waals surface area contributed by atoms with E-state index in [0.29, 0.717) is 31.8 Å². The molecule has 1 atom stereocenters. The molecule has 0 unspecified atom stereocenters. The van der Waals surface area contributed by atoms with Crippen LogP contribution in [0.5, 0.6) is 0 Å². The first-order valence-electron chi connectivity index (χ1n) is 10.6. The van der Waals surface area contributed by atoms with Gasteiger partial charge in [-0.2, -0.15) is 13.2 Å². The normalized spacial score (nSPS) is 18.5. The fourth-order valence-electron chi connectivity index (χ4n) is 3.95. The number of ether oxygens (including phenoxy) is 1. The van der Waals surface area contributed by atoms with Crippen LogP contribution in [0.3, 0.4) is 0 Å². The van der Waals surface area contributed by atoms with Gasteiger partial charge >= 0.3 is 12.3 Å². The number of alkyl carbamates (subject to hydrolysis) is 1. The summed E-state index contributed by atoms with van der Waals surface area (Å²) in [5.41, 5.74) is -0.630. The molecule has 2 amide bonds. The van der Waals surface area contributed by atoms with Gasteiger partial charge in [-0.15, -0.1) is 11.3 Å². The van der Waals surface area contributed by atoms with Crippen molar-refractivity contribution in [3.63, 3.8) is 0 Å². The van der Waals surface area contributed by atoms with Gasteiger partial charge in [-0.3, -0.25) is 4.79 Å². The number of carbonyl (C=O) groups is 2. The van der Waals surface area contributed by atoms with Gasteiger partial charge in [-0.1, -0.05) is 0 Å². The molecule has 2 aromatic rings. The van der Waals surface area contributed by atoms with Gasteiger partial charge in [-0.25, -0.2) is 9.78 Å². The van der Waals surface area contributed by atoms with E-state index < -0.39 is 23.7 Å². The first-order chi connectivity index (χ1) is 15.2. The summed E-state index contributed by atoms with van der Waals surface area (Å²) in [6, 6.07) is 1.12. The van der Waals surface area contributed by atoms with E-state index in [9.17, 15) is 22.8 Å². The van der Waals surface area contributed by atoms with Crippen molar-refractivity contribution in [2.45, 2.75) is 50.9 Å². The van der Waals surface area contributed by atoms with E-state index in [1.165, 1.54) is 12.4 Å². The van der Waals surface area contributed by atoms with Gasteiger partial charge in [0, 0.05) is 44.4 Å². The highest BCUT2D eigenvalue weighted by Gasteiger charge is 2.36. The van der Waals surface area contributed by atoms with Gasteiger partial charge in [-0.05, 0) is 31.7 Å². The minimum atomic E-state index is -4.57. The van der Waals surface area contributed by atoms with Crippen LogP contribution < -0.4 is 15.5 Å². The molecule has 4 rings (SSSR count). The number of anilines is 1. The van der Waals surface area contributed by atoms with Gasteiger partial charge in [0.15, 0.2) is 0 Å². The molecule has 3 heterocycles. The average molecular weight is 471 g/mol. The average Bonchev–Trinajstić information content (AvgIpc) is 3.52. The first-order valence-corrected chi connectivity index (χ1v) is 11.5. The number of hydrogen-bond donors (Lipinski definition) is 2. The Morgan fingerprint density at radius 3 is 2.53 bits per heavy atom. The van der Waals surface area contributed by atoms with Crippen LogP contribution in [0.1, 0.15) is 48.5 Å². The summed E-state index contributed by atoms with van der Waals surface area (Å²) in [7, 11) is 1.42. The van der Waals surface area contributed by atoms with Gasteiger partial charge in [0.25, 0.3) is 5.91 Å². The predicted molar refractivity (Wildman–Crippen MR) is 115 cm³/mol. The molecule has 7 nitrogen and oxygen atoms in total. The molecule has 2 aliphatic rings. The smallest absolute Gasteiger partial charge is 0.417 e. The molecule has 2 aromatic heterocycles. The molecule has 1 saturated heterocycles. The SMILES string of the molecule is CNC(=O)c1csc2c(C(F)(F)F)cc(N3CCC(OC(=O)N[C@@H](C)C4CC4)CC3)nc12. The van der Waals surface area contributed by atoms with Crippen LogP contribution in [0.4, 0.5) is 23.8 Å². The van der Waals surface area contributed by atoms with Crippen molar-refractivity contribution < 1.29 is 27.5 Å². The fourth-order valence-corrected chi connectivity index (χ4v) is 4.97. The maximum Gasteiger partial charge on any atom is 0.417 e. The van der Waals surface area contributed by atoms with Crippen molar-refractivity contribution in [1.82, 2.24) is 15.6 Å². The summed E-state index contributed by atoms with van der Waals surface area (Å²) >= 11 is 0.859. The molecule has 32 heavy (non-hydrogen) atoms. The van der Waals surface area contributed by atoms with Crippen LogP contribution in [0.2, 0.25) is 0 Å². The molecule has 1 aliphatic heterocycles. The zero-order valence-corrected chi connectivity index (χ0v) is 18.6. The summed E-state index contributed by atoms with van der Waals surface area (Å²) < 4.78 is 46.6. The number of alkyl halides is 3. The largest absolute Gasteiger partial charge is 0.446 e. The molecule has 2 fully saturated rings. The molecule has 0 aromatic carbocycles. The first kappa shape index (κ1) is 22.6. The Labute approximate surface area is 187 Å². The Balaban J connectivity index is 1.49. The molecule has 1 aliphatic carbocycles. The highest BCUT2D eigenvalue weighted by Crippen LogP contribution is 2.40. The zero-order chi connectivity index (χ0) is 23.0. The summed E-state index contributed by atoms with van der Waals surface area (Å²) in [6.07, 6.45) is -2.12. The molecule has 174 valence electrons. The van der Waals surface area contributed by atoms with E-state index in [1.54, 1.807) is 4.90 Å². The van der Waals surface area contributed by atoms with Crippen LogP contribution in [-0.2, 0) is 10.9 Å². The molecule has 0 radical (unpaired) electrons. The number of halogens is 3. The van der Waals surface area contributed by atoms with Crippen molar-refractivity contribution in [2.75, 3.05) is 25.0 Å². The van der Waals surface area contributed by atoms with Crippen LogP contribution in [-0.4, -0.2) is 49.3 Å². The number of nitrogens with one attached hydrogen (secondary N) is 2. The van der Waals surface area contributed by atoms with Crippen molar-refractivity contribution in [2.24, 2.45) is 5.92 Å². The van der Waals surface area contributed by atoms with Crippen molar-refractivity contribution in [3.8, 4) is 0 Å². The van der Waals surface area contributed by atoms with Crippen molar-refractivity contribution in [3.05, 3.63) is 22.6 Å². The molecular weight excluding hydrogens is 445 g/mol. The molecule has 11 heteroatoms. The van der Waals surface area contributed by atoms with Crippen LogP contribution in [0.15, 0.2) is 11.4 Å². The summed E-state index contributed by atoms with van der Waals surface area (Å²) in [6.45, 7) is 2.75. The molecule has 0 bridgehead atoms. The third kappa shape index (κ3) is 4.77. The number of carbonyl (C=O) groups excluding carboxylic acids is 2. The minimum Gasteiger partial charge on any atom is -0.446 e. The number of rotatable bonds is 5. The topological polar surface area (TPSA) is 83.6 Å². The third-order valence-corrected chi connectivity index (χ3v) is 7.00. The minimum absolute atomic E-state index is 0.0472. The van der Waals surface area contributed by atoms with E-state index in [4.69, 9.17) is 4.74 Å². The monoisotopic (exact) mass is 470 g/mol. The standard InChI is InChI=1S/C21H25F3N4O3S/c1-11(12-3-4-12)26-20(30)31-13-5-7-28(8-6-13)16-9-15(21(22,23)24)18-17(27-16)14(10-32-18)19(29)25-2/h9-13H,3-8H2,1-2H3,(H,25,29)(H,26,30)/t11-/m0/s1. The molecule has 2 N–H and O–H groups in total. The Hall–Kier alpha value is -2.56. The number of thiophene rings is 1. The van der Waals surface area contributed by atoms with E-state index in [1.807, 2.05) is 6.92 Å². The van der Waals surface area contributed by atoms with Gasteiger partial charge in [0.05, 0.1) is 21.3 Å². The number of fused-ring (bicyclic) bond motifs is 1. The van der Waals surface area contributed by atoms with E-state index in [-0.39, 0.29) is 33.7 Å². The predicted octanol–water partition coefficient (Wildman–Crippen LogP) is 4.17. The molecular formula is C21H25F3N4O3S. The molecule has 1 saturated carbocycles. The second-order valence-corrected chi connectivity index (χ2v) is 9.17. The van der Waals surface area contributed by atoms with E-state index >= 15 is 0 Å². The summed E-state index contributed by atoms with van der Waals surface area (Å²) in [5.74, 6) is 0.205. The highest BCUT2D eigenvalue weighted by atomic mass is 32.1. The lowest BCUT2D eigenvalue weighted by Gasteiger charge is -2.33. The van der Waals surface area contributed by atoms with Crippen LogP contribution >= 0.6 is 11.3 Å². The van der Waals surface area contributed by atoms with Crippen molar-refractivity contribution in [1.29, 1.82) is 0 Å². The summed E-state index contributed by atoms with van der Waals surface area (Å²) in [5, 5.41) is 6.69. The van der Waals surface area contributed by atoms with E-state index in [2.05, 4.69) is 15.6 Å². The number of aromatic nitrogens is 1. The quantitative estimate of drug-likeness (QED) is 0.686. The highest BCUT2D eigenvalue weighted by molar-refractivity contribution is 7.17. The lowest BCUT2D eigenvalue weighted by molar-refractivity contribution is -0.136. The zero-order valence-electron chi connectivity index (χ0n) is 17.8. The number of pyridine rings is 1. The number of amides is 2. The van der Waals surface area contributed by atoms with E-state index in [0.717, 1.165) is 30.2 Å². The van der Waals surface area contributed by atoms with Gasteiger partial charge in [0.1, 0.15) is 11.9 Å². The second-order valence-electron chi connectivity index (χ2n) is 8.29. The molecule has 0 spiro atoms. The number of nitrogens with zero attached hydrogens (tertiary/aromatic N) is 2. The maximum atomic E-state index is 13.7. The number of hydrogen-bond acceptors (Lipinski definition) is 6. The van der Waals surface area contributed by atoms with Crippen molar-refractivity contribution >= 4 is 39.4 Å². The fraction of sp³-hybridized carbons (Fsp3) is 0.571. The Morgan fingerprint density at radius 1 is 1.25 bits per heavy atom. The number of piperidine rings is 1. The Kier molecular flexibility index (Phi) is 6.19. The second kappa shape index (κ2) is 8.76. The van der Waals surface area contributed by atoms with Crippen LogP contribution in [0.25, 0.3) is 10.2 Å². The Bertz CT molecular complexity index is 1010.